The number of rotatable bonds is 3. The van der Waals surface area contributed by atoms with Crippen molar-refractivity contribution in [2.45, 2.75) is 44.8 Å². The number of nitrogens with zero attached hydrogens (tertiary/aromatic N) is 1. The first-order valence-electron chi connectivity index (χ1n) is 6.42. The van der Waals surface area contributed by atoms with Crippen LogP contribution in [0.15, 0.2) is 0 Å². The molecule has 0 aliphatic carbocycles. The van der Waals surface area contributed by atoms with Gasteiger partial charge in [-0.2, -0.15) is 0 Å². The largest absolute Gasteiger partial charge is 0.360 e. The van der Waals surface area contributed by atoms with Crippen molar-refractivity contribution in [2.24, 2.45) is 0 Å². The molecule has 0 unspecified atom stereocenters. The molecular formula is C12H22N2O2. The first-order chi connectivity index (χ1) is 7.86. The van der Waals surface area contributed by atoms with Gasteiger partial charge in [0.2, 0.25) is 0 Å². The summed E-state index contributed by atoms with van der Waals surface area (Å²) >= 11 is 0. The molecule has 92 valence electrons. The zero-order valence-corrected chi connectivity index (χ0v) is 9.91. The van der Waals surface area contributed by atoms with E-state index in [2.05, 4.69) is 4.90 Å². The highest BCUT2D eigenvalue weighted by Gasteiger charge is 2.18. The number of likely N-dealkylation sites (tertiary alicyclic amines) is 1. The number of hydrogen-bond acceptors (Lipinski definition) is 3. The van der Waals surface area contributed by atoms with Gasteiger partial charge in [0, 0.05) is 25.9 Å². The van der Waals surface area contributed by atoms with E-state index >= 15 is 0 Å². The number of amidine groups is 1. The molecule has 2 rings (SSSR count). The average Bonchev–Trinajstić information content (AvgIpc) is 2.53. The molecule has 2 aliphatic rings. The van der Waals surface area contributed by atoms with Gasteiger partial charge in [0.05, 0.1) is 19.0 Å². The van der Waals surface area contributed by atoms with Crippen molar-refractivity contribution < 1.29 is 9.47 Å². The Balaban J connectivity index is 1.72. The second-order valence-corrected chi connectivity index (χ2v) is 4.56. The molecule has 0 radical (unpaired) electrons. The average molecular weight is 226 g/mol. The second-order valence-electron chi connectivity index (χ2n) is 4.56. The molecule has 16 heavy (non-hydrogen) atoms. The van der Waals surface area contributed by atoms with Crippen LogP contribution in [0.2, 0.25) is 0 Å². The predicted octanol–water partition coefficient (Wildman–Crippen LogP) is 1.99. The van der Waals surface area contributed by atoms with Crippen LogP contribution in [0.3, 0.4) is 0 Å². The molecule has 0 saturated carbocycles. The minimum atomic E-state index is -0.0372. The lowest BCUT2D eigenvalue weighted by atomic mass is 10.2. The molecule has 0 aromatic heterocycles. The quantitative estimate of drug-likeness (QED) is 0.800. The van der Waals surface area contributed by atoms with Crippen LogP contribution < -0.4 is 0 Å². The highest BCUT2D eigenvalue weighted by Crippen LogP contribution is 2.14. The summed E-state index contributed by atoms with van der Waals surface area (Å²) in [7, 11) is 0. The van der Waals surface area contributed by atoms with Crippen molar-refractivity contribution in [3.05, 3.63) is 0 Å². The topological polar surface area (TPSA) is 45.6 Å². The Morgan fingerprint density at radius 3 is 2.75 bits per heavy atom. The summed E-state index contributed by atoms with van der Waals surface area (Å²) in [5, 5.41) is 7.95. The van der Waals surface area contributed by atoms with E-state index in [4.69, 9.17) is 14.9 Å². The molecule has 2 aliphatic heterocycles. The zero-order chi connectivity index (χ0) is 11.2. The maximum absolute atomic E-state index is 7.95. The number of ether oxygens (including phenoxy) is 2. The van der Waals surface area contributed by atoms with Crippen LogP contribution in [0, 0.1) is 5.41 Å². The predicted molar refractivity (Wildman–Crippen MR) is 62.7 cm³/mol. The second kappa shape index (κ2) is 6.21. The van der Waals surface area contributed by atoms with Gasteiger partial charge in [-0.15, -0.1) is 0 Å². The molecule has 0 aromatic rings. The Labute approximate surface area is 97.4 Å². The first-order valence-corrected chi connectivity index (χ1v) is 6.42. The first kappa shape index (κ1) is 11.9. The molecule has 1 N–H and O–H groups in total. The molecular weight excluding hydrogens is 204 g/mol. The summed E-state index contributed by atoms with van der Waals surface area (Å²) in [5.74, 6) is 0.799. The van der Waals surface area contributed by atoms with Crippen molar-refractivity contribution in [2.75, 3.05) is 26.3 Å². The van der Waals surface area contributed by atoms with E-state index in [9.17, 15) is 0 Å². The summed E-state index contributed by atoms with van der Waals surface area (Å²) in [6, 6.07) is 0. The van der Waals surface area contributed by atoms with Gasteiger partial charge in [-0.3, -0.25) is 5.41 Å². The van der Waals surface area contributed by atoms with Gasteiger partial charge in [-0.05, 0) is 19.3 Å². The van der Waals surface area contributed by atoms with Crippen LogP contribution in [-0.4, -0.2) is 43.3 Å². The van der Waals surface area contributed by atoms with Crippen LogP contribution in [0.4, 0.5) is 0 Å². The van der Waals surface area contributed by atoms with E-state index in [1.165, 1.54) is 19.3 Å². The molecule has 2 fully saturated rings. The molecule has 4 nitrogen and oxygen atoms in total. The van der Waals surface area contributed by atoms with Crippen LogP contribution in [-0.2, 0) is 9.47 Å². The lowest BCUT2D eigenvalue weighted by molar-refractivity contribution is -0.181. The third kappa shape index (κ3) is 3.46. The molecule has 0 amide bonds. The van der Waals surface area contributed by atoms with Gasteiger partial charge in [0.25, 0.3) is 0 Å². The smallest absolute Gasteiger partial charge is 0.159 e. The fourth-order valence-corrected chi connectivity index (χ4v) is 2.28. The van der Waals surface area contributed by atoms with Gasteiger partial charge >= 0.3 is 0 Å². The van der Waals surface area contributed by atoms with Gasteiger partial charge in [-0.1, -0.05) is 6.42 Å². The molecule has 0 bridgehead atoms. The normalized spacial score (nSPS) is 24.5. The minimum absolute atomic E-state index is 0.0372. The fourth-order valence-electron chi connectivity index (χ4n) is 2.28. The Morgan fingerprint density at radius 2 is 1.94 bits per heavy atom. The van der Waals surface area contributed by atoms with E-state index in [1.54, 1.807) is 0 Å². The zero-order valence-electron chi connectivity index (χ0n) is 9.91. The highest BCUT2D eigenvalue weighted by molar-refractivity contribution is 5.79. The number of hydrogen-bond donors (Lipinski definition) is 1. The Bertz CT molecular complexity index is 227. The maximum Gasteiger partial charge on any atom is 0.159 e. The molecule has 0 spiro atoms. The third-order valence-corrected chi connectivity index (χ3v) is 3.25. The fraction of sp³-hybridized carbons (Fsp3) is 0.917. The summed E-state index contributed by atoms with van der Waals surface area (Å²) in [6.45, 7) is 3.58. The number of nitrogens with one attached hydrogen (secondary N) is 1. The Kier molecular flexibility index (Phi) is 4.60. The third-order valence-electron chi connectivity index (χ3n) is 3.25. The standard InChI is InChI=1S/C12H22N2O2/c13-11-5-2-1-3-7-14(11)8-6-12-15-9-4-10-16-12/h12-13H,1-10H2. The minimum Gasteiger partial charge on any atom is -0.360 e. The van der Waals surface area contributed by atoms with Gasteiger partial charge < -0.3 is 14.4 Å². The van der Waals surface area contributed by atoms with Gasteiger partial charge in [0.1, 0.15) is 0 Å². The van der Waals surface area contributed by atoms with E-state index in [0.717, 1.165) is 51.4 Å². The van der Waals surface area contributed by atoms with Crippen molar-refractivity contribution in [3.8, 4) is 0 Å². The summed E-state index contributed by atoms with van der Waals surface area (Å²) in [4.78, 5) is 2.19. The monoisotopic (exact) mass is 226 g/mol. The summed E-state index contributed by atoms with van der Waals surface area (Å²) < 4.78 is 11.0. The molecule has 0 aromatic carbocycles. The van der Waals surface area contributed by atoms with Crippen LogP contribution in [0.5, 0.6) is 0 Å². The Morgan fingerprint density at radius 1 is 1.12 bits per heavy atom. The lowest BCUT2D eigenvalue weighted by Crippen LogP contribution is -2.35. The molecule has 4 heteroatoms. The van der Waals surface area contributed by atoms with E-state index in [-0.39, 0.29) is 6.29 Å². The summed E-state index contributed by atoms with van der Waals surface area (Å²) in [6.07, 6.45) is 6.45. The van der Waals surface area contributed by atoms with Gasteiger partial charge in [0.15, 0.2) is 6.29 Å². The lowest BCUT2D eigenvalue weighted by Gasteiger charge is -2.28. The van der Waals surface area contributed by atoms with Crippen LogP contribution in [0.1, 0.15) is 38.5 Å². The van der Waals surface area contributed by atoms with E-state index < -0.39 is 0 Å². The molecule has 0 atom stereocenters. The maximum atomic E-state index is 7.95. The highest BCUT2D eigenvalue weighted by atomic mass is 16.7. The van der Waals surface area contributed by atoms with Crippen molar-refractivity contribution in [3.63, 3.8) is 0 Å². The van der Waals surface area contributed by atoms with E-state index in [0.29, 0.717) is 0 Å². The van der Waals surface area contributed by atoms with Crippen LogP contribution in [0.25, 0.3) is 0 Å². The molecule has 2 saturated heterocycles. The van der Waals surface area contributed by atoms with Crippen molar-refractivity contribution in [1.29, 1.82) is 5.41 Å². The Hall–Kier alpha value is -0.610. The van der Waals surface area contributed by atoms with Crippen molar-refractivity contribution in [1.82, 2.24) is 4.90 Å². The van der Waals surface area contributed by atoms with Crippen molar-refractivity contribution >= 4 is 5.84 Å². The molecule has 2 heterocycles. The van der Waals surface area contributed by atoms with Crippen LogP contribution >= 0.6 is 0 Å². The van der Waals surface area contributed by atoms with Gasteiger partial charge in [-0.25, -0.2) is 0 Å². The summed E-state index contributed by atoms with van der Waals surface area (Å²) in [5.41, 5.74) is 0. The SMILES string of the molecule is N=C1CCCCCN1CCC1OCCCO1. The van der Waals surface area contributed by atoms with E-state index in [1.807, 2.05) is 0 Å².